The molecule has 0 fully saturated rings. The van der Waals surface area contributed by atoms with E-state index in [-0.39, 0.29) is 24.4 Å². The maximum atomic E-state index is 12.1. The second-order valence-corrected chi connectivity index (χ2v) is 7.16. The number of nitrogens with one attached hydrogen (secondary N) is 1. The number of esters is 1. The molecular formula is C21H24ClNO4. The highest BCUT2D eigenvalue weighted by atomic mass is 35.5. The predicted molar refractivity (Wildman–Crippen MR) is 107 cm³/mol. The molecule has 1 amide bonds. The summed E-state index contributed by atoms with van der Waals surface area (Å²) in [6.07, 6.45) is 0. The predicted octanol–water partition coefficient (Wildman–Crippen LogP) is 4.79. The first-order valence-electron chi connectivity index (χ1n) is 8.73. The van der Waals surface area contributed by atoms with E-state index in [9.17, 15) is 9.59 Å². The summed E-state index contributed by atoms with van der Waals surface area (Å²) >= 11 is 6.12. The van der Waals surface area contributed by atoms with Gasteiger partial charge in [0.15, 0.2) is 6.61 Å². The van der Waals surface area contributed by atoms with Gasteiger partial charge in [-0.05, 0) is 67.3 Å². The van der Waals surface area contributed by atoms with Gasteiger partial charge in [0.25, 0.3) is 5.91 Å². The van der Waals surface area contributed by atoms with E-state index in [4.69, 9.17) is 21.1 Å². The standard InChI is InChI=1S/C21H24ClNO4/c1-13(2)11-27-21(25)16-5-7-17(8-6-16)23-19(24)12-26-18-9-14(3)20(22)15(4)10-18/h5-10,13H,11-12H2,1-4H3,(H,23,24). The van der Waals surface area contributed by atoms with E-state index in [1.807, 2.05) is 27.7 Å². The van der Waals surface area contributed by atoms with Crippen molar-refractivity contribution in [2.75, 3.05) is 18.5 Å². The molecule has 2 rings (SSSR count). The minimum Gasteiger partial charge on any atom is -0.484 e. The summed E-state index contributed by atoms with van der Waals surface area (Å²) in [7, 11) is 0. The van der Waals surface area contributed by atoms with Gasteiger partial charge >= 0.3 is 5.97 Å². The van der Waals surface area contributed by atoms with Crippen molar-refractivity contribution in [1.82, 2.24) is 0 Å². The Hall–Kier alpha value is -2.53. The van der Waals surface area contributed by atoms with Crippen LogP contribution in [0.3, 0.4) is 0 Å². The fraction of sp³-hybridized carbons (Fsp3) is 0.333. The second kappa shape index (κ2) is 9.42. The fourth-order valence-corrected chi connectivity index (χ4v) is 2.46. The third-order valence-corrected chi connectivity index (χ3v) is 4.33. The van der Waals surface area contributed by atoms with Gasteiger partial charge in [-0.2, -0.15) is 0 Å². The van der Waals surface area contributed by atoms with Gasteiger partial charge in [-0.15, -0.1) is 0 Å². The third-order valence-electron chi connectivity index (χ3n) is 3.73. The number of ether oxygens (including phenoxy) is 2. The quantitative estimate of drug-likeness (QED) is 0.691. The maximum Gasteiger partial charge on any atom is 0.338 e. The van der Waals surface area contributed by atoms with Crippen LogP contribution in [-0.2, 0) is 9.53 Å². The summed E-state index contributed by atoms with van der Waals surface area (Å²) in [5, 5.41) is 3.42. The van der Waals surface area contributed by atoms with Crippen molar-refractivity contribution in [2.45, 2.75) is 27.7 Å². The van der Waals surface area contributed by atoms with E-state index in [0.29, 0.717) is 28.6 Å². The number of carbonyl (C=O) groups excluding carboxylic acids is 2. The Bertz CT molecular complexity index is 792. The zero-order chi connectivity index (χ0) is 20.0. The molecule has 0 heterocycles. The molecule has 2 aromatic rings. The molecule has 0 bridgehead atoms. The van der Waals surface area contributed by atoms with Crippen molar-refractivity contribution >= 4 is 29.2 Å². The van der Waals surface area contributed by atoms with Crippen molar-refractivity contribution in [3.05, 3.63) is 58.1 Å². The molecule has 0 saturated heterocycles. The number of aryl methyl sites for hydroxylation is 2. The van der Waals surface area contributed by atoms with Gasteiger partial charge in [0.2, 0.25) is 0 Å². The minimum atomic E-state index is -0.376. The largest absolute Gasteiger partial charge is 0.484 e. The molecule has 0 aliphatic carbocycles. The van der Waals surface area contributed by atoms with E-state index in [1.54, 1.807) is 36.4 Å². The Morgan fingerprint density at radius 2 is 1.67 bits per heavy atom. The molecule has 2 aromatic carbocycles. The number of hydrogen-bond acceptors (Lipinski definition) is 4. The lowest BCUT2D eigenvalue weighted by Gasteiger charge is -2.11. The molecule has 27 heavy (non-hydrogen) atoms. The van der Waals surface area contributed by atoms with Gasteiger partial charge in [0, 0.05) is 10.7 Å². The Balaban J connectivity index is 1.88. The summed E-state index contributed by atoms with van der Waals surface area (Å²) in [4.78, 5) is 23.9. The van der Waals surface area contributed by atoms with Crippen molar-refractivity contribution < 1.29 is 19.1 Å². The second-order valence-electron chi connectivity index (χ2n) is 6.78. The smallest absolute Gasteiger partial charge is 0.338 e. The zero-order valence-corrected chi connectivity index (χ0v) is 16.7. The Labute approximate surface area is 164 Å². The number of amides is 1. The number of halogens is 1. The molecule has 0 saturated carbocycles. The topological polar surface area (TPSA) is 64.6 Å². The van der Waals surface area contributed by atoms with E-state index in [1.165, 1.54) is 0 Å². The number of carbonyl (C=O) groups is 2. The molecule has 0 aliphatic rings. The van der Waals surface area contributed by atoms with Crippen LogP contribution in [0.2, 0.25) is 5.02 Å². The minimum absolute atomic E-state index is 0.126. The van der Waals surface area contributed by atoms with Gasteiger partial charge in [-0.25, -0.2) is 4.79 Å². The first-order valence-corrected chi connectivity index (χ1v) is 9.10. The average Bonchev–Trinajstić information content (AvgIpc) is 2.63. The molecule has 5 nitrogen and oxygen atoms in total. The lowest BCUT2D eigenvalue weighted by molar-refractivity contribution is -0.118. The van der Waals surface area contributed by atoms with E-state index >= 15 is 0 Å². The monoisotopic (exact) mass is 389 g/mol. The van der Waals surface area contributed by atoms with Crippen LogP contribution >= 0.6 is 11.6 Å². The molecule has 0 atom stereocenters. The SMILES string of the molecule is Cc1cc(OCC(=O)Nc2ccc(C(=O)OCC(C)C)cc2)cc(C)c1Cl. The number of benzene rings is 2. The zero-order valence-electron chi connectivity index (χ0n) is 16.0. The van der Waals surface area contributed by atoms with Crippen LogP contribution in [0.4, 0.5) is 5.69 Å². The normalized spacial score (nSPS) is 10.6. The first-order chi connectivity index (χ1) is 12.8. The van der Waals surface area contributed by atoms with E-state index in [2.05, 4.69) is 5.32 Å². The summed E-state index contributed by atoms with van der Waals surface area (Å²) < 4.78 is 10.7. The van der Waals surface area contributed by atoms with Gasteiger partial charge < -0.3 is 14.8 Å². The summed E-state index contributed by atoms with van der Waals surface area (Å²) in [6.45, 7) is 7.96. The summed E-state index contributed by atoms with van der Waals surface area (Å²) in [5.74, 6) is 0.197. The molecule has 1 N–H and O–H groups in total. The molecule has 0 radical (unpaired) electrons. The Morgan fingerprint density at radius 1 is 1.07 bits per heavy atom. The lowest BCUT2D eigenvalue weighted by atomic mass is 10.1. The molecule has 0 aliphatic heterocycles. The number of rotatable bonds is 7. The highest BCUT2D eigenvalue weighted by Gasteiger charge is 2.10. The molecule has 6 heteroatoms. The summed E-state index contributed by atoms with van der Waals surface area (Å²) in [6, 6.07) is 10.1. The highest BCUT2D eigenvalue weighted by Crippen LogP contribution is 2.25. The average molecular weight is 390 g/mol. The highest BCUT2D eigenvalue weighted by molar-refractivity contribution is 6.32. The van der Waals surface area contributed by atoms with Gasteiger partial charge in [0.05, 0.1) is 12.2 Å². The molecule has 144 valence electrons. The Morgan fingerprint density at radius 3 is 2.22 bits per heavy atom. The number of anilines is 1. The van der Waals surface area contributed by atoms with Gasteiger partial charge in [-0.1, -0.05) is 25.4 Å². The van der Waals surface area contributed by atoms with Crippen LogP contribution in [0.1, 0.15) is 35.3 Å². The van der Waals surface area contributed by atoms with Crippen LogP contribution in [-0.4, -0.2) is 25.1 Å². The van der Waals surface area contributed by atoms with Gasteiger partial charge in [-0.3, -0.25) is 4.79 Å². The number of hydrogen-bond donors (Lipinski definition) is 1. The van der Waals surface area contributed by atoms with E-state index < -0.39 is 0 Å². The molecule has 0 spiro atoms. The fourth-order valence-electron chi connectivity index (χ4n) is 2.35. The lowest BCUT2D eigenvalue weighted by Crippen LogP contribution is -2.20. The first kappa shape index (κ1) is 20.8. The maximum absolute atomic E-state index is 12.1. The van der Waals surface area contributed by atoms with Crippen molar-refractivity contribution in [1.29, 1.82) is 0 Å². The van der Waals surface area contributed by atoms with Crippen LogP contribution in [0.5, 0.6) is 5.75 Å². The molecule has 0 unspecified atom stereocenters. The summed E-state index contributed by atoms with van der Waals surface area (Å²) in [5.41, 5.74) is 2.81. The third kappa shape index (κ3) is 6.29. The van der Waals surface area contributed by atoms with Crippen LogP contribution in [0.15, 0.2) is 36.4 Å². The van der Waals surface area contributed by atoms with Crippen molar-refractivity contribution in [2.24, 2.45) is 5.92 Å². The molecule has 0 aromatic heterocycles. The van der Waals surface area contributed by atoms with Crippen LogP contribution < -0.4 is 10.1 Å². The van der Waals surface area contributed by atoms with Crippen molar-refractivity contribution in [3.8, 4) is 5.75 Å². The van der Waals surface area contributed by atoms with E-state index in [0.717, 1.165) is 11.1 Å². The van der Waals surface area contributed by atoms with Crippen molar-refractivity contribution in [3.63, 3.8) is 0 Å². The van der Waals surface area contributed by atoms with Crippen LogP contribution in [0, 0.1) is 19.8 Å². The Kier molecular flexibility index (Phi) is 7.25. The molecular weight excluding hydrogens is 366 g/mol. The van der Waals surface area contributed by atoms with Crippen LogP contribution in [0.25, 0.3) is 0 Å². The van der Waals surface area contributed by atoms with Gasteiger partial charge in [0.1, 0.15) is 5.75 Å².